The van der Waals surface area contributed by atoms with Crippen LogP contribution in [0.4, 0.5) is 0 Å². The van der Waals surface area contributed by atoms with Gasteiger partial charge in [0.05, 0.1) is 21.6 Å². The third-order valence-corrected chi connectivity index (χ3v) is 6.04. The number of aryl methyl sites for hydroxylation is 1. The molecule has 4 nitrogen and oxygen atoms in total. The number of fused-ring (bicyclic) bond motifs is 1. The Morgan fingerprint density at radius 2 is 1.80 bits per heavy atom. The number of aromatic nitrogens is 1. The van der Waals surface area contributed by atoms with Crippen molar-refractivity contribution in [2.75, 3.05) is 0 Å². The Morgan fingerprint density at radius 3 is 2.44 bits per heavy atom. The van der Waals surface area contributed by atoms with E-state index in [4.69, 9.17) is 28.5 Å². The van der Waals surface area contributed by atoms with Crippen LogP contribution in [0.1, 0.15) is 22.5 Å². The van der Waals surface area contributed by atoms with Gasteiger partial charge in [-0.05, 0) is 37.3 Å². The fraction of sp³-hybridized carbons (Fsp3) is 0.111. The minimum Gasteiger partial charge on any atom is -0.291 e. The van der Waals surface area contributed by atoms with Gasteiger partial charge in [0.1, 0.15) is 12.1 Å². The lowest BCUT2D eigenvalue weighted by Crippen LogP contribution is -2.12. The number of Topliss-reactive ketones (excluding diaryl/α,β-unsaturated/α-hetero) is 1. The van der Waals surface area contributed by atoms with E-state index in [1.54, 1.807) is 30.3 Å². The second-order valence-corrected chi connectivity index (χ2v) is 7.81. The van der Waals surface area contributed by atoms with Gasteiger partial charge in [-0.3, -0.25) is 4.79 Å². The van der Waals surface area contributed by atoms with Crippen molar-refractivity contribution in [3.8, 4) is 6.07 Å². The standard InChI is InChI=1S/C18H12Cl2N2O2S/c1-11-2-4-13(5-3-11)25(24)22-16-10-15(20)14(19)8-12(16)9-17(22)18(23)6-7-21/h2-5,8-10H,6H2,1H3/p+1. The number of hydrogen-bond donors (Lipinski definition) is 0. The molecule has 0 amide bonds. The van der Waals surface area contributed by atoms with E-state index in [0.29, 0.717) is 25.8 Å². The van der Waals surface area contributed by atoms with Crippen LogP contribution in [-0.4, -0.2) is 9.76 Å². The number of rotatable bonds is 4. The zero-order valence-corrected chi connectivity index (χ0v) is 15.6. The molecule has 0 aliphatic rings. The number of thiol groups is 1. The molecule has 1 aromatic heterocycles. The second-order valence-electron chi connectivity index (χ2n) is 5.53. The van der Waals surface area contributed by atoms with Crippen LogP contribution < -0.4 is 0 Å². The van der Waals surface area contributed by atoms with Crippen molar-refractivity contribution < 1.29 is 9.00 Å². The zero-order valence-electron chi connectivity index (χ0n) is 13.2. The number of benzene rings is 2. The molecule has 1 atom stereocenters. The molecule has 3 rings (SSSR count). The Hall–Kier alpha value is -2.13. The van der Waals surface area contributed by atoms with Crippen molar-refractivity contribution in [3.63, 3.8) is 0 Å². The lowest BCUT2D eigenvalue weighted by atomic mass is 10.2. The Balaban J connectivity index is 2.26. The fourth-order valence-corrected chi connectivity index (χ4v) is 4.23. The minimum absolute atomic E-state index is 0.205. The molecule has 25 heavy (non-hydrogen) atoms. The summed E-state index contributed by atoms with van der Waals surface area (Å²) in [6, 6.07) is 13.9. The van der Waals surface area contributed by atoms with Crippen LogP contribution in [0.25, 0.3) is 10.9 Å². The third kappa shape index (κ3) is 3.34. The van der Waals surface area contributed by atoms with Crippen molar-refractivity contribution in [3.05, 3.63) is 63.8 Å². The SMILES string of the molecule is Cc1ccc([SH+](=O)n2c(C(=O)CC#N)cc3cc(Cl)c(Cl)cc32)cc1. The molecular weight excluding hydrogens is 379 g/mol. The van der Waals surface area contributed by atoms with Gasteiger partial charge in [-0.15, -0.1) is 0 Å². The molecule has 0 aliphatic heterocycles. The van der Waals surface area contributed by atoms with E-state index in [1.807, 2.05) is 25.1 Å². The largest absolute Gasteiger partial charge is 0.291 e. The van der Waals surface area contributed by atoms with Crippen LogP contribution in [0.15, 0.2) is 47.4 Å². The topological polar surface area (TPSA) is 62.9 Å². The first kappa shape index (κ1) is 17.7. The molecule has 0 aliphatic carbocycles. The number of halogens is 2. The van der Waals surface area contributed by atoms with Crippen LogP contribution in [-0.2, 0) is 15.2 Å². The summed E-state index contributed by atoms with van der Waals surface area (Å²) >= 11 is 12.2. The maximum Gasteiger partial charge on any atom is 0.204 e. The summed E-state index contributed by atoms with van der Waals surface area (Å²) in [6.45, 7) is 1.94. The van der Waals surface area contributed by atoms with Gasteiger partial charge >= 0.3 is 0 Å². The van der Waals surface area contributed by atoms with Gasteiger partial charge in [-0.1, -0.05) is 45.1 Å². The Morgan fingerprint density at radius 1 is 1.16 bits per heavy atom. The molecule has 2 aromatic carbocycles. The molecule has 3 aromatic rings. The summed E-state index contributed by atoms with van der Waals surface area (Å²) in [5.41, 5.74) is 1.79. The van der Waals surface area contributed by atoms with Crippen LogP contribution in [0, 0.1) is 18.3 Å². The highest BCUT2D eigenvalue weighted by Crippen LogP contribution is 2.32. The van der Waals surface area contributed by atoms with Gasteiger partial charge in [-0.25, -0.2) is 0 Å². The van der Waals surface area contributed by atoms with Gasteiger partial charge < -0.3 is 0 Å². The monoisotopic (exact) mass is 391 g/mol. The summed E-state index contributed by atoms with van der Waals surface area (Å²) < 4.78 is 14.6. The van der Waals surface area contributed by atoms with Crippen LogP contribution in [0.3, 0.4) is 0 Å². The number of ketones is 1. The zero-order chi connectivity index (χ0) is 18.1. The first-order valence-electron chi connectivity index (χ1n) is 7.37. The van der Waals surface area contributed by atoms with Crippen molar-refractivity contribution >= 4 is 50.9 Å². The average Bonchev–Trinajstić information content (AvgIpc) is 2.94. The highest BCUT2D eigenvalue weighted by atomic mass is 35.5. The average molecular weight is 392 g/mol. The van der Waals surface area contributed by atoms with Crippen LogP contribution in [0.5, 0.6) is 0 Å². The Kier molecular flexibility index (Phi) is 4.96. The quantitative estimate of drug-likeness (QED) is 0.362. The molecule has 0 saturated heterocycles. The third-order valence-electron chi connectivity index (χ3n) is 3.78. The van der Waals surface area contributed by atoms with Crippen LogP contribution >= 0.6 is 23.2 Å². The normalized spacial score (nSPS) is 12.1. The van der Waals surface area contributed by atoms with E-state index in [0.717, 1.165) is 5.56 Å². The summed E-state index contributed by atoms with van der Waals surface area (Å²) in [5, 5.41) is 10.1. The molecule has 0 N–H and O–H groups in total. The highest BCUT2D eigenvalue weighted by Gasteiger charge is 2.25. The molecular formula is C18H13Cl2N2O2S+. The minimum atomic E-state index is -2.10. The summed E-state index contributed by atoms with van der Waals surface area (Å²) in [7, 11) is -2.10. The highest BCUT2D eigenvalue weighted by molar-refractivity contribution is 7.83. The van der Waals surface area contributed by atoms with Crippen molar-refractivity contribution in [2.24, 2.45) is 0 Å². The van der Waals surface area contributed by atoms with Crippen molar-refractivity contribution in [1.82, 2.24) is 3.97 Å². The predicted molar refractivity (Wildman–Crippen MR) is 101 cm³/mol. The van der Waals surface area contributed by atoms with Gasteiger partial charge in [0.2, 0.25) is 11.0 Å². The molecule has 1 unspecified atom stereocenters. The molecule has 7 heteroatoms. The number of nitrogens with zero attached hydrogens (tertiary/aromatic N) is 2. The molecule has 0 bridgehead atoms. The van der Waals surface area contributed by atoms with Gasteiger partial charge in [0.25, 0.3) is 0 Å². The van der Waals surface area contributed by atoms with E-state index < -0.39 is 16.8 Å². The molecule has 0 saturated carbocycles. The second kappa shape index (κ2) is 7.01. The molecule has 0 radical (unpaired) electrons. The van der Waals surface area contributed by atoms with E-state index >= 15 is 0 Å². The molecule has 0 spiro atoms. The summed E-state index contributed by atoms with van der Waals surface area (Å²) in [5.74, 6) is -0.401. The van der Waals surface area contributed by atoms with Crippen molar-refractivity contribution in [2.45, 2.75) is 18.2 Å². The number of nitriles is 1. The smallest absolute Gasteiger partial charge is 0.204 e. The van der Waals surface area contributed by atoms with E-state index in [-0.39, 0.29) is 12.1 Å². The Bertz CT molecular complexity index is 1050. The van der Waals surface area contributed by atoms with E-state index in [1.165, 1.54) is 3.97 Å². The van der Waals surface area contributed by atoms with E-state index in [2.05, 4.69) is 0 Å². The number of carbonyl (C=O) groups excluding carboxylic acids is 1. The van der Waals surface area contributed by atoms with Crippen molar-refractivity contribution in [1.29, 1.82) is 5.26 Å². The number of carbonyl (C=O) groups is 1. The first-order chi connectivity index (χ1) is 11.9. The summed E-state index contributed by atoms with van der Waals surface area (Å²) in [6.07, 6.45) is -0.297. The lowest BCUT2D eigenvalue weighted by Gasteiger charge is -2.04. The number of hydrogen-bond acceptors (Lipinski definition) is 3. The molecule has 126 valence electrons. The fourth-order valence-electron chi connectivity index (χ4n) is 2.53. The van der Waals surface area contributed by atoms with E-state index in [9.17, 15) is 9.00 Å². The van der Waals surface area contributed by atoms with Gasteiger partial charge in [-0.2, -0.15) is 9.23 Å². The molecule has 1 heterocycles. The summed E-state index contributed by atoms with van der Waals surface area (Å²) in [4.78, 5) is 12.9. The maximum atomic E-state index is 13.2. The van der Waals surface area contributed by atoms with Gasteiger partial charge in [0, 0.05) is 5.39 Å². The molecule has 0 fully saturated rings. The van der Waals surface area contributed by atoms with Gasteiger partial charge in [0.15, 0.2) is 10.7 Å². The first-order valence-corrected chi connectivity index (χ1v) is 9.34. The lowest BCUT2D eigenvalue weighted by molar-refractivity contribution is 0.0992. The predicted octanol–water partition coefficient (Wildman–Crippen LogP) is 4.87. The maximum absolute atomic E-state index is 13.2. The van der Waals surface area contributed by atoms with Crippen LogP contribution in [0.2, 0.25) is 10.0 Å². The Labute approximate surface area is 157 Å².